The van der Waals surface area contributed by atoms with Crippen molar-refractivity contribution in [1.82, 2.24) is 24.6 Å². The topological polar surface area (TPSA) is 66.1 Å². The van der Waals surface area contributed by atoms with Gasteiger partial charge in [0.2, 0.25) is 5.88 Å². The lowest BCUT2D eigenvalue weighted by Gasteiger charge is -2.19. The first kappa shape index (κ1) is 17.0. The molecule has 1 N–H and O–H groups in total. The molecule has 132 valence electrons. The molecule has 0 radical (unpaired) electrons. The predicted octanol–water partition coefficient (Wildman–Crippen LogP) is 1.59. The third-order valence-corrected chi connectivity index (χ3v) is 4.73. The molecule has 2 atom stereocenters. The Morgan fingerprint density at radius 2 is 2.25 bits per heavy atom. The summed E-state index contributed by atoms with van der Waals surface area (Å²) in [7, 11) is 5.63. The minimum absolute atomic E-state index is 0.0685. The number of hydrogen-bond donors (Lipinski definition) is 1. The van der Waals surface area contributed by atoms with E-state index in [1.807, 2.05) is 35.7 Å². The third-order valence-electron chi connectivity index (χ3n) is 4.73. The molecular formula is C17H27N5O2. The molecule has 1 aliphatic rings. The van der Waals surface area contributed by atoms with Gasteiger partial charge in [-0.05, 0) is 12.8 Å². The molecule has 7 heteroatoms. The number of rotatable bonds is 7. The van der Waals surface area contributed by atoms with E-state index in [1.165, 1.54) is 0 Å². The Morgan fingerprint density at radius 3 is 2.92 bits per heavy atom. The van der Waals surface area contributed by atoms with Crippen LogP contribution in [0.3, 0.4) is 0 Å². The Bertz CT molecular complexity index is 679. The molecule has 1 fully saturated rings. The maximum atomic E-state index is 5.92. The van der Waals surface area contributed by atoms with Gasteiger partial charge in [-0.15, -0.1) is 0 Å². The molecule has 0 spiro atoms. The van der Waals surface area contributed by atoms with Gasteiger partial charge in [0, 0.05) is 52.1 Å². The normalized spacial score (nSPS) is 20.7. The number of aromatic nitrogens is 4. The van der Waals surface area contributed by atoms with Crippen LogP contribution in [0.4, 0.5) is 0 Å². The van der Waals surface area contributed by atoms with E-state index in [0.29, 0.717) is 5.92 Å². The highest BCUT2D eigenvalue weighted by Crippen LogP contribution is 2.33. The second-order valence-electron chi connectivity index (χ2n) is 6.28. The summed E-state index contributed by atoms with van der Waals surface area (Å²) in [4.78, 5) is 4.45. The highest BCUT2D eigenvalue weighted by atomic mass is 16.5. The lowest BCUT2D eigenvalue weighted by atomic mass is 10.0. The summed E-state index contributed by atoms with van der Waals surface area (Å²) in [5.41, 5.74) is 2.24. The van der Waals surface area contributed by atoms with Gasteiger partial charge in [-0.25, -0.2) is 9.67 Å². The van der Waals surface area contributed by atoms with E-state index in [1.54, 1.807) is 7.11 Å². The second-order valence-corrected chi connectivity index (χ2v) is 6.28. The zero-order chi connectivity index (χ0) is 17.1. The van der Waals surface area contributed by atoms with Gasteiger partial charge >= 0.3 is 0 Å². The van der Waals surface area contributed by atoms with Gasteiger partial charge in [-0.1, -0.05) is 6.92 Å². The predicted molar refractivity (Wildman–Crippen MR) is 90.9 cm³/mol. The fraction of sp³-hybridized carbons (Fsp3) is 0.647. The minimum Gasteiger partial charge on any atom is -0.481 e. The standard InChI is InChI=1S/C17H27N5O2/c1-5-14-13(17(23-4)22(3)20-14)11-18-10-12-6-9-24-15(12)16-19-7-8-21(16)2/h7-8,12,15,18H,5-6,9-11H2,1-4H3/t12-,15+/m0/s1. The minimum atomic E-state index is 0.0685. The van der Waals surface area contributed by atoms with Crippen molar-refractivity contribution in [1.29, 1.82) is 0 Å². The van der Waals surface area contributed by atoms with Gasteiger partial charge < -0.3 is 19.4 Å². The number of nitrogens with zero attached hydrogens (tertiary/aromatic N) is 4. The first-order valence-electron chi connectivity index (χ1n) is 8.54. The van der Waals surface area contributed by atoms with Crippen molar-refractivity contribution in [2.24, 2.45) is 20.0 Å². The van der Waals surface area contributed by atoms with Gasteiger partial charge in [0.25, 0.3) is 0 Å². The average molecular weight is 333 g/mol. The molecule has 3 heterocycles. The smallest absolute Gasteiger partial charge is 0.216 e. The van der Waals surface area contributed by atoms with Crippen LogP contribution in [-0.2, 0) is 31.8 Å². The molecule has 2 aromatic rings. The Kier molecular flexibility index (Phi) is 5.20. The number of hydrogen-bond acceptors (Lipinski definition) is 5. The van der Waals surface area contributed by atoms with E-state index in [2.05, 4.69) is 22.3 Å². The van der Waals surface area contributed by atoms with Gasteiger partial charge in [-0.2, -0.15) is 5.10 Å². The average Bonchev–Trinajstić information content (AvgIpc) is 3.26. The summed E-state index contributed by atoms with van der Waals surface area (Å²) in [5, 5.41) is 8.10. The zero-order valence-electron chi connectivity index (χ0n) is 15.0. The van der Waals surface area contributed by atoms with Crippen LogP contribution >= 0.6 is 0 Å². The molecule has 0 unspecified atom stereocenters. The zero-order valence-corrected chi connectivity index (χ0v) is 15.0. The lowest BCUT2D eigenvalue weighted by molar-refractivity contribution is 0.0810. The first-order chi connectivity index (χ1) is 11.7. The first-order valence-corrected chi connectivity index (χ1v) is 8.54. The number of nitrogens with one attached hydrogen (secondary N) is 1. The van der Waals surface area contributed by atoms with E-state index >= 15 is 0 Å². The fourth-order valence-electron chi connectivity index (χ4n) is 3.48. The number of imidazole rings is 1. The summed E-state index contributed by atoms with van der Waals surface area (Å²) >= 11 is 0. The van der Waals surface area contributed by atoms with Crippen LogP contribution in [0.25, 0.3) is 0 Å². The Labute approximate surface area is 143 Å². The molecule has 3 rings (SSSR count). The third kappa shape index (κ3) is 3.18. The van der Waals surface area contributed by atoms with Gasteiger partial charge in [0.1, 0.15) is 11.9 Å². The monoisotopic (exact) mass is 333 g/mol. The molecule has 0 aromatic carbocycles. The van der Waals surface area contributed by atoms with Gasteiger partial charge in [-0.3, -0.25) is 0 Å². The molecule has 1 saturated heterocycles. The van der Waals surface area contributed by atoms with Gasteiger partial charge in [0.15, 0.2) is 0 Å². The van der Waals surface area contributed by atoms with Crippen molar-refractivity contribution in [2.45, 2.75) is 32.4 Å². The maximum Gasteiger partial charge on any atom is 0.216 e. The number of ether oxygens (including phenoxy) is 2. The van der Waals surface area contributed by atoms with Crippen LogP contribution in [0, 0.1) is 5.92 Å². The molecule has 24 heavy (non-hydrogen) atoms. The highest BCUT2D eigenvalue weighted by Gasteiger charge is 2.32. The molecule has 2 aromatic heterocycles. The Balaban J connectivity index is 1.63. The molecule has 0 bridgehead atoms. The Morgan fingerprint density at radius 1 is 1.42 bits per heavy atom. The second kappa shape index (κ2) is 7.36. The van der Waals surface area contributed by atoms with Crippen molar-refractivity contribution in [3.63, 3.8) is 0 Å². The SMILES string of the molecule is CCc1nn(C)c(OC)c1CNC[C@@H]1CCO[C@H]1c1nccn1C. The number of methoxy groups -OCH3 is 1. The summed E-state index contributed by atoms with van der Waals surface area (Å²) in [5.74, 6) is 2.27. The molecule has 0 aliphatic carbocycles. The summed E-state index contributed by atoms with van der Waals surface area (Å²) in [6, 6.07) is 0. The van der Waals surface area contributed by atoms with E-state index in [0.717, 1.165) is 55.5 Å². The van der Waals surface area contributed by atoms with Crippen molar-refractivity contribution in [2.75, 3.05) is 20.3 Å². The van der Waals surface area contributed by atoms with Crippen LogP contribution in [0.5, 0.6) is 5.88 Å². The molecule has 0 amide bonds. The Hall–Kier alpha value is -1.86. The quantitative estimate of drug-likeness (QED) is 0.833. The fourth-order valence-corrected chi connectivity index (χ4v) is 3.48. The van der Waals surface area contributed by atoms with Crippen molar-refractivity contribution < 1.29 is 9.47 Å². The van der Waals surface area contributed by atoms with Crippen molar-refractivity contribution in [3.8, 4) is 5.88 Å². The molecular weight excluding hydrogens is 306 g/mol. The lowest BCUT2D eigenvalue weighted by Crippen LogP contribution is -2.26. The highest BCUT2D eigenvalue weighted by molar-refractivity contribution is 5.31. The van der Waals surface area contributed by atoms with Crippen LogP contribution in [0.1, 0.15) is 36.5 Å². The maximum absolute atomic E-state index is 5.92. The van der Waals surface area contributed by atoms with E-state index in [4.69, 9.17) is 9.47 Å². The summed E-state index contributed by atoms with van der Waals surface area (Å²) in [6.45, 7) is 4.55. The van der Waals surface area contributed by atoms with E-state index < -0.39 is 0 Å². The van der Waals surface area contributed by atoms with Gasteiger partial charge in [0.05, 0.1) is 18.4 Å². The summed E-state index contributed by atoms with van der Waals surface area (Å²) < 4.78 is 15.3. The largest absolute Gasteiger partial charge is 0.481 e. The van der Waals surface area contributed by atoms with E-state index in [9.17, 15) is 0 Å². The molecule has 1 aliphatic heterocycles. The van der Waals surface area contributed by atoms with E-state index in [-0.39, 0.29) is 6.10 Å². The van der Waals surface area contributed by atoms with Crippen LogP contribution in [0.15, 0.2) is 12.4 Å². The molecule has 0 saturated carbocycles. The molecule has 7 nitrogen and oxygen atoms in total. The van der Waals surface area contributed by atoms with Crippen molar-refractivity contribution >= 4 is 0 Å². The summed E-state index contributed by atoms with van der Waals surface area (Å²) in [6.07, 6.45) is 5.82. The van der Waals surface area contributed by atoms with Crippen LogP contribution in [-0.4, -0.2) is 39.6 Å². The van der Waals surface area contributed by atoms with Crippen molar-refractivity contribution in [3.05, 3.63) is 29.5 Å². The van der Waals surface area contributed by atoms with Crippen LogP contribution < -0.4 is 10.1 Å². The van der Waals surface area contributed by atoms with Crippen LogP contribution in [0.2, 0.25) is 0 Å². The number of aryl methyl sites for hydroxylation is 3.